The molecule has 0 saturated heterocycles. The van der Waals surface area contributed by atoms with Gasteiger partial charge >= 0.3 is 0 Å². The number of hydrogen-bond donors (Lipinski definition) is 3. The first-order chi connectivity index (χ1) is 14.4. The summed E-state index contributed by atoms with van der Waals surface area (Å²) in [6.45, 7) is 9.83. The van der Waals surface area contributed by atoms with Crippen molar-refractivity contribution < 1.29 is 14.6 Å². The number of methoxy groups -OCH3 is 1. The zero-order valence-electron chi connectivity index (χ0n) is 19.1. The van der Waals surface area contributed by atoms with Crippen molar-refractivity contribution in [1.29, 1.82) is 0 Å². The van der Waals surface area contributed by atoms with E-state index in [0.717, 1.165) is 29.2 Å². The topological polar surface area (TPSA) is 75.1 Å². The third kappa shape index (κ3) is 8.95. The first kappa shape index (κ1) is 27.0. The second kappa shape index (κ2) is 14.1. The first-order valence-electron chi connectivity index (χ1n) is 10.5. The number of nitrogens with zero attached hydrogens (tertiary/aromatic N) is 1. The van der Waals surface area contributed by atoms with Crippen LogP contribution in [0.3, 0.4) is 0 Å². The molecule has 2 unspecified atom stereocenters. The van der Waals surface area contributed by atoms with Crippen molar-refractivity contribution in [2.24, 2.45) is 4.99 Å². The summed E-state index contributed by atoms with van der Waals surface area (Å²) in [7, 11) is 1.68. The molecule has 0 heterocycles. The van der Waals surface area contributed by atoms with Gasteiger partial charge in [-0.25, -0.2) is 0 Å². The highest BCUT2D eigenvalue weighted by Crippen LogP contribution is 2.26. The number of benzene rings is 2. The molecule has 0 aromatic heterocycles. The SMILES string of the molecule is CCNC(=NCC(C)c1ccccc1OC)NCC(O)c1ccc(OC(C)C)cc1.I. The minimum Gasteiger partial charge on any atom is -0.496 e. The van der Waals surface area contributed by atoms with Gasteiger partial charge in [0.2, 0.25) is 0 Å². The maximum atomic E-state index is 10.5. The average Bonchev–Trinajstić information content (AvgIpc) is 2.75. The predicted molar refractivity (Wildman–Crippen MR) is 138 cm³/mol. The Morgan fingerprint density at radius 1 is 1.03 bits per heavy atom. The van der Waals surface area contributed by atoms with Gasteiger partial charge in [0.05, 0.1) is 19.3 Å². The minimum absolute atomic E-state index is 0. The van der Waals surface area contributed by atoms with Crippen molar-refractivity contribution in [3.63, 3.8) is 0 Å². The molecule has 7 heteroatoms. The fraction of sp³-hybridized carbons (Fsp3) is 0.458. The quantitative estimate of drug-likeness (QED) is 0.235. The smallest absolute Gasteiger partial charge is 0.191 e. The largest absolute Gasteiger partial charge is 0.496 e. The maximum absolute atomic E-state index is 10.5. The van der Waals surface area contributed by atoms with Crippen LogP contribution in [0.5, 0.6) is 11.5 Å². The molecule has 0 radical (unpaired) electrons. The Morgan fingerprint density at radius 2 is 1.71 bits per heavy atom. The number of guanidine groups is 1. The minimum atomic E-state index is -0.645. The molecule has 2 aromatic carbocycles. The standard InChI is InChI=1S/C24H35N3O3.HI/c1-6-25-24(26-15-18(4)21-9-7-8-10-23(21)29-5)27-16-22(28)19-11-13-20(14-12-19)30-17(2)3;/h7-14,17-18,22,28H,6,15-16H2,1-5H3,(H2,25,26,27);1H. The van der Waals surface area contributed by atoms with E-state index in [1.807, 2.05) is 63.2 Å². The van der Waals surface area contributed by atoms with Crippen LogP contribution in [0.4, 0.5) is 0 Å². The fourth-order valence-electron chi connectivity index (χ4n) is 3.09. The first-order valence-corrected chi connectivity index (χ1v) is 10.5. The number of nitrogens with one attached hydrogen (secondary N) is 2. The van der Waals surface area contributed by atoms with Gasteiger partial charge in [-0.3, -0.25) is 4.99 Å². The third-order valence-corrected chi connectivity index (χ3v) is 4.64. The van der Waals surface area contributed by atoms with Gasteiger partial charge in [0.1, 0.15) is 11.5 Å². The molecule has 0 amide bonds. The van der Waals surface area contributed by atoms with E-state index in [9.17, 15) is 5.11 Å². The van der Waals surface area contributed by atoms with Crippen LogP contribution in [-0.2, 0) is 0 Å². The van der Waals surface area contributed by atoms with Gasteiger partial charge in [-0.15, -0.1) is 24.0 Å². The highest BCUT2D eigenvalue weighted by atomic mass is 127. The van der Waals surface area contributed by atoms with E-state index >= 15 is 0 Å². The highest BCUT2D eigenvalue weighted by Gasteiger charge is 2.12. The van der Waals surface area contributed by atoms with Crippen LogP contribution in [0.25, 0.3) is 0 Å². The number of aliphatic hydroxyl groups is 1. The highest BCUT2D eigenvalue weighted by molar-refractivity contribution is 14.0. The summed E-state index contributed by atoms with van der Waals surface area (Å²) < 4.78 is 11.1. The molecule has 2 rings (SSSR count). The normalized spacial score (nSPS) is 13.2. The predicted octanol–water partition coefficient (Wildman–Crippen LogP) is 4.49. The van der Waals surface area contributed by atoms with Crippen LogP contribution < -0.4 is 20.1 Å². The number of hydrogen-bond acceptors (Lipinski definition) is 4. The Kier molecular flexibility index (Phi) is 12.3. The van der Waals surface area contributed by atoms with Crippen LogP contribution in [0.1, 0.15) is 50.8 Å². The van der Waals surface area contributed by atoms with Crippen LogP contribution in [-0.4, -0.2) is 43.9 Å². The lowest BCUT2D eigenvalue weighted by Gasteiger charge is -2.18. The molecule has 2 atom stereocenters. The van der Waals surface area contributed by atoms with E-state index < -0.39 is 6.10 Å². The molecule has 31 heavy (non-hydrogen) atoms. The Bertz CT molecular complexity index is 797. The van der Waals surface area contributed by atoms with E-state index in [4.69, 9.17) is 9.47 Å². The van der Waals surface area contributed by atoms with E-state index in [1.165, 1.54) is 0 Å². The molecule has 0 bridgehead atoms. The van der Waals surface area contributed by atoms with E-state index in [2.05, 4.69) is 28.6 Å². The number of ether oxygens (including phenoxy) is 2. The van der Waals surface area contributed by atoms with E-state index in [1.54, 1.807) is 7.11 Å². The molecule has 0 aliphatic rings. The molecule has 3 N–H and O–H groups in total. The molecule has 0 aliphatic heterocycles. The lowest BCUT2D eigenvalue weighted by atomic mass is 10.0. The molecular weight excluding hydrogens is 505 g/mol. The zero-order valence-corrected chi connectivity index (χ0v) is 21.4. The lowest BCUT2D eigenvalue weighted by Crippen LogP contribution is -2.39. The maximum Gasteiger partial charge on any atom is 0.191 e. The van der Waals surface area contributed by atoms with Crippen molar-refractivity contribution in [2.45, 2.75) is 45.8 Å². The van der Waals surface area contributed by atoms with Gasteiger partial charge in [-0.1, -0.05) is 37.3 Å². The molecule has 0 aliphatic carbocycles. The number of halogens is 1. The van der Waals surface area contributed by atoms with Gasteiger partial charge in [-0.05, 0) is 50.1 Å². The number of rotatable bonds is 10. The van der Waals surface area contributed by atoms with Crippen molar-refractivity contribution in [3.8, 4) is 11.5 Å². The molecule has 0 saturated carbocycles. The molecule has 172 valence electrons. The van der Waals surface area contributed by atoms with Gasteiger partial charge in [-0.2, -0.15) is 0 Å². The Morgan fingerprint density at radius 3 is 2.32 bits per heavy atom. The fourth-order valence-corrected chi connectivity index (χ4v) is 3.09. The summed E-state index contributed by atoms with van der Waals surface area (Å²) >= 11 is 0. The van der Waals surface area contributed by atoms with Crippen molar-refractivity contribution in [1.82, 2.24) is 10.6 Å². The summed E-state index contributed by atoms with van der Waals surface area (Å²) in [5.74, 6) is 2.56. The van der Waals surface area contributed by atoms with Crippen LogP contribution >= 0.6 is 24.0 Å². The molecule has 0 fully saturated rings. The molecule has 6 nitrogen and oxygen atoms in total. The number of para-hydroxylation sites is 1. The lowest BCUT2D eigenvalue weighted by molar-refractivity contribution is 0.180. The Balaban J connectivity index is 0.00000480. The van der Waals surface area contributed by atoms with Crippen LogP contribution in [0.2, 0.25) is 0 Å². The van der Waals surface area contributed by atoms with Crippen molar-refractivity contribution >= 4 is 29.9 Å². The summed E-state index contributed by atoms with van der Waals surface area (Å²) in [6, 6.07) is 15.5. The summed E-state index contributed by atoms with van der Waals surface area (Å²) in [4.78, 5) is 4.69. The third-order valence-electron chi connectivity index (χ3n) is 4.64. The Labute approximate surface area is 203 Å². The van der Waals surface area contributed by atoms with Crippen LogP contribution in [0, 0.1) is 0 Å². The van der Waals surface area contributed by atoms with Gasteiger partial charge in [0, 0.05) is 25.6 Å². The number of aliphatic imine (C=N–C) groups is 1. The summed E-state index contributed by atoms with van der Waals surface area (Å²) in [5, 5.41) is 17.0. The van der Waals surface area contributed by atoms with Crippen molar-refractivity contribution in [2.75, 3.05) is 26.7 Å². The van der Waals surface area contributed by atoms with Gasteiger partial charge in [0.15, 0.2) is 5.96 Å². The second-order valence-corrected chi connectivity index (χ2v) is 7.49. The van der Waals surface area contributed by atoms with Gasteiger partial charge in [0.25, 0.3) is 0 Å². The zero-order chi connectivity index (χ0) is 21.9. The monoisotopic (exact) mass is 541 g/mol. The molecule has 0 spiro atoms. The molecular formula is C24H36IN3O3. The van der Waals surface area contributed by atoms with E-state index in [-0.39, 0.29) is 36.0 Å². The average molecular weight is 541 g/mol. The summed E-state index contributed by atoms with van der Waals surface area (Å²) in [6.07, 6.45) is -0.520. The second-order valence-electron chi connectivity index (χ2n) is 7.49. The molecule has 2 aromatic rings. The van der Waals surface area contributed by atoms with Crippen LogP contribution in [0.15, 0.2) is 53.5 Å². The van der Waals surface area contributed by atoms with Crippen molar-refractivity contribution in [3.05, 3.63) is 59.7 Å². The van der Waals surface area contributed by atoms with Gasteiger partial charge < -0.3 is 25.2 Å². The Hall–Kier alpha value is -2.00. The summed E-state index contributed by atoms with van der Waals surface area (Å²) in [5.41, 5.74) is 1.96. The van der Waals surface area contributed by atoms with E-state index in [0.29, 0.717) is 19.0 Å². The number of aliphatic hydroxyl groups excluding tert-OH is 1.